The topological polar surface area (TPSA) is 40.5 Å². The van der Waals surface area contributed by atoms with Gasteiger partial charge in [-0.25, -0.2) is 4.39 Å². The quantitative estimate of drug-likeness (QED) is 0.903. The highest BCUT2D eigenvalue weighted by Gasteiger charge is 2.21. The highest BCUT2D eigenvalue weighted by molar-refractivity contribution is 9.10. The van der Waals surface area contributed by atoms with Crippen molar-refractivity contribution in [2.24, 2.45) is 0 Å². The van der Waals surface area contributed by atoms with E-state index in [-0.39, 0.29) is 23.3 Å². The molecular weight excluding hydrogens is 337 g/mol. The smallest absolute Gasteiger partial charge is 0.254 e. The van der Waals surface area contributed by atoms with E-state index in [0.717, 1.165) is 0 Å². The third-order valence-electron chi connectivity index (χ3n) is 3.40. The van der Waals surface area contributed by atoms with Crippen LogP contribution >= 0.6 is 15.9 Å². The van der Waals surface area contributed by atoms with Gasteiger partial charge in [0.1, 0.15) is 11.6 Å². The van der Waals surface area contributed by atoms with Crippen LogP contribution in [0.2, 0.25) is 0 Å². The van der Waals surface area contributed by atoms with E-state index in [1.807, 2.05) is 0 Å². The third kappa shape index (κ3) is 3.42. The van der Waals surface area contributed by atoms with Crippen LogP contribution in [0.3, 0.4) is 0 Å². The fourth-order valence-corrected chi connectivity index (χ4v) is 2.57. The van der Waals surface area contributed by atoms with Gasteiger partial charge in [-0.15, -0.1) is 0 Å². The van der Waals surface area contributed by atoms with E-state index < -0.39 is 5.82 Å². The van der Waals surface area contributed by atoms with Gasteiger partial charge in [0.25, 0.3) is 5.91 Å². The molecule has 1 atom stereocenters. The normalized spacial score (nSPS) is 12.0. The maximum absolute atomic E-state index is 13.4. The molecule has 21 heavy (non-hydrogen) atoms. The van der Waals surface area contributed by atoms with Crippen LogP contribution in [0.5, 0.6) is 5.75 Å². The molecule has 0 saturated carbocycles. The van der Waals surface area contributed by atoms with Crippen molar-refractivity contribution in [1.82, 2.24) is 4.90 Å². The van der Waals surface area contributed by atoms with Gasteiger partial charge in [-0.3, -0.25) is 4.79 Å². The number of halogens is 2. The van der Waals surface area contributed by atoms with Gasteiger partial charge in [0.05, 0.1) is 6.04 Å². The molecule has 1 N–H and O–H groups in total. The minimum atomic E-state index is -0.476. The summed E-state index contributed by atoms with van der Waals surface area (Å²) in [7, 11) is 1.62. The molecule has 0 heterocycles. The number of phenolic OH excluding ortho intramolecular Hbond substituents is 1. The van der Waals surface area contributed by atoms with Crippen LogP contribution in [0.15, 0.2) is 46.9 Å². The average molecular weight is 352 g/mol. The maximum Gasteiger partial charge on any atom is 0.254 e. The number of hydrogen-bond acceptors (Lipinski definition) is 2. The van der Waals surface area contributed by atoms with E-state index in [1.165, 1.54) is 17.0 Å². The van der Waals surface area contributed by atoms with Crippen molar-refractivity contribution < 1.29 is 14.3 Å². The van der Waals surface area contributed by atoms with Crippen LogP contribution < -0.4 is 0 Å². The molecule has 2 rings (SSSR count). The minimum absolute atomic E-state index is 0.130. The lowest BCUT2D eigenvalue weighted by Gasteiger charge is -2.26. The van der Waals surface area contributed by atoms with Gasteiger partial charge in [-0.1, -0.05) is 34.1 Å². The molecule has 0 aliphatic carbocycles. The first-order valence-corrected chi connectivity index (χ1v) is 7.20. The average Bonchev–Trinajstić information content (AvgIpc) is 2.44. The van der Waals surface area contributed by atoms with E-state index >= 15 is 0 Å². The van der Waals surface area contributed by atoms with Gasteiger partial charge in [0.15, 0.2) is 0 Å². The molecule has 0 bridgehead atoms. The summed E-state index contributed by atoms with van der Waals surface area (Å²) in [5, 5.41) is 9.86. The number of amides is 1. The van der Waals surface area contributed by atoms with Crippen molar-refractivity contribution in [3.8, 4) is 5.75 Å². The van der Waals surface area contributed by atoms with Crippen molar-refractivity contribution in [3.63, 3.8) is 0 Å². The van der Waals surface area contributed by atoms with Crippen LogP contribution in [0.4, 0.5) is 4.39 Å². The largest absolute Gasteiger partial charge is 0.508 e. The predicted molar refractivity (Wildman–Crippen MR) is 82.7 cm³/mol. The fourth-order valence-electron chi connectivity index (χ4n) is 2.11. The molecule has 1 amide bonds. The summed E-state index contributed by atoms with van der Waals surface area (Å²) in [6.07, 6.45) is 0. The van der Waals surface area contributed by atoms with Crippen LogP contribution in [0.25, 0.3) is 0 Å². The number of para-hydroxylation sites is 1. The zero-order valence-corrected chi connectivity index (χ0v) is 13.3. The summed E-state index contributed by atoms with van der Waals surface area (Å²) < 4.78 is 13.9. The highest BCUT2D eigenvalue weighted by Crippen LogP contribution is 2.28. The van der Waals surface area contributed by atoms with Crippen molar-refractivity contribution in [2.45, 2.75) is 13.0 Å². The second-order valence-electron chi connectivity index (χ2n) is 4.81. The van der Waals surface area contributed by atoms with E-state index in [1.54, 1.807) is 44.3 Å². The Hall–Kier alpha value is -1.88. The lowest BCUT2D eigenvalue weighted by Crippen LogP contribution is -2.29. The molecule has 3 nitrogen and oxygen atoms in total. The molecule has 0 aliphatic rings. The Bertz CT molecular complexity index is 655. The number of hydrogen-bond donors (Lipinski definition) is 1. The van der Waals surface area contributed by atoms with Crippen LogP contribution in [-0.2, 0) is 0 Å². The monoisotopic (exact) mass is 351 g/mol. The van der Waals surface area contributed by atoms with Crippen LogP contribution in [0, 0.1) is 5.82 Å². The molecule has 1 unspecified atom stereocenters. The lowest BCUT2D eigenvalue weighted by molar-refractivity contribution is 0.0740. The van der Waals surface area contributed by atoms with Crippen molar-refractivity contribution in [2.75, 3.05) is 7.05 Å². The summed E-state index contributed by atoms with van der Waals surface area (Å²) in [4.78, 5) is 13.9. The molecule has 5 heteroatoms. The van der Waals surface area contributed by atoms with Crippen molar-refractivity contribution in [3.05, 3.63) is 63.9 Å². The standard InChI is InChI=1S/C16H15BrFNO2/c1-10(14-5-3-4-6-15(14)20)19(2)16(21)11-7-12(17)9-13(18)8-11/h3-10,20H,1-2H3. The first kappa shape index (κ1) is 15.5. The number of phenols is 1. The molecule has 0 radical (unpaired) electrons. The second kappa shape index (κ2) is 6.26. The maximum atomic E-state index is 13.4. The number of carbonyl (C=O) groups is 1. The Labute approximate surface area is 131 Å². The molecule has 0 saturated heterocycles. The van der Waals surface area contributed by atoms with Crippen molar-refractivity contribution in [1.29, 1.82) is 0 Å². The molecule has 2 aromatic carbocycles. The number of nitrogens with zero attached hydrogens (tertiary/aromatic N) is 1. The molecule has 110 valence electrons. The Kier molecular flexibility index (Phi) is 4.63. The van der Waals surface area contributed by atoms with E-state index in [4.69, 9.17) is 0 Å². The Morgan fingerprint density at radius 1 is 1.29 bits per heavy atom. The Morgan fingerprint density at radius 3 is 2.57 bits per heavy atom. The van der Waals surface area contributed by atoms with Crippen LogP contribution in [-0.4, -0.2) is 23.0 Å². The zero-order chi connectivity index (χ0) is 15.6. The van der Waals surface area contributed by atoms with Crippen molar-refractivity contribution >= 4 is 21.8 Å². The lowest BCUT2D eigenvalue weighted by atomic mass is 10.1. The fraction of sp³-hybridized carbons (Fsp3) is 0.188. The molecule has 0 spiro atoms. The summed E-state index contributed by atoms with van der Waals surface area (Å²) >= 11 is 3.17. The number of benzene rings is 2. The van der Waals surface area contributed by atoms with Gasteiger partial charge >= 0.3 is 0 Å². The summed E-state index contributed by atoms with van der Waals surface area (Å²) in [6, 6.07) is 10.6. The van der Waals surface area contributed by atoms with E-state index in [2.05, 4.69) is 15.9 Å². The zero-order valence-electron chi connectivity index (χ0n) is 11.7. The van der Waals surface area contributed by atoms with Gasteiger partial charge in [0, 0.05) is 22.6 Å². The molecule has 0 fully saturated rings. The highest BCUT2D eigenvalue weighted by atomic mass is 79.9. The van der Waals surface area contributed by atoms with Gasteiger partial charge < -0.3 is 10.0 Å². The molecule has 2 aromatic rings. The third-order valence-corrected chi connectivity index (χ3v) is 3.86. The van der Waals surface area contributed by atoms with Gasteiger partial charge in [0.2, 0.25) is 0 Å². The second-order valence-corrected chi connectivity index (χ2v) is 5.72. The van der Waals surface area contributed by atoms with Crippen LogP contribution in [0.1, 0.15) is 28.9 Å². The first-order chi connectivity index (χ1) is 9.90. The summed E-state index contributed by atoms with van der Waals surface area (Å²) in [6.45, 7) is 1.81. The number of aromatic hydroxyl groups is 1. The van der Waals surface area contributed by atoms with Gasteiger partial charge in [-0.05, 0) is 31.2 Å². The summed E-state index contributed by atoms with van der Waals surface area (Å²) in [5.41, 5.74) is 0.899. The number of rotatable bonds is 3. The summed E-state index contributed by atoms with van der Waals surface area (Å²) in [5.74, 6) is -0.660. The Balaban J connectivity index is 2.28. The Morgan fingerprint density at radius 2 is 1.95 bits per heavy atom. The minimum Gasteiger partial charge on any atom is -0.508 e. The van der Waals surface area contributed by atoms with E-state index in [9.17, 15) is 14.3 Å². The first-order valence-electron chi connectivity index (χ1n) is 6.41. The SMILES string of the molecule is CC(c1ccccc1O)N(C)C(=O)c1cc(F)cc(Br)c1. The predicted octanol–water partition coefficient (Wildman–Crippen LogP) is 4.13. The molecule has 0 aromatic heterocycles. The molecule has 0 aliphatic heterocycles. The number of carbonyl (C=O) groups excluding carboxylic acids is 1. The van der Waals surface area contributed by atoms with Gasteiger partial charge in [-0.2, -0.15) is 0 Å². The van der Waals surface area contributed by atoms with E-state index in [0.29, 0.717) is 10.0 Å². The molecular formula is C16H15BrFNO2.